The van der Waals surface area contributed by atoms with E-state index < -0.39 is 0 Å². The zero-order valence-corrected chi connectivity index (χ0v) is 8.82. The Morgan fingerprint density at radius 2 is 2.13 bits per heavy atom. The highest BCUT2D eigenvalue weighted by Crippen LogP contribution is 2.44. The number of hydrogen-bond acceptors (Lipinski definition) is 5. The first kappa shape index (κ1) is 10.2. The van der Waals surface area contributed by atoms with Gasteiger partial charge in [-0.25, -0.2) is 9.97 Å². The summed E-state index contributed by atoms with van der Waals surface area (Å²) in [6.45, 7) is 1.04. The molecule has 0 atom stereocenters. The smallest absolute Gasteiger partial charge is 0.131 e. The van der Waals surface area contributed by atoms with E-state index in [4.69, 9.17) is 5.11 Å². The van der Waals surface area contributed by atoms with Gasteiger partial charge in [-0.3, -0.25) is 0 Å². The lowest BCUT2D eigenvalue weighted by Gasteiger charge is -2.13. The third-order valence-electron chi connectivity index (χ3n) is 2.86. The summed E-state index contributed by atoms with van der Waals surface area (Å²) in [6, 6.07) is 1.85. The summed E-state index contributed by atoms with van der Waals surface area (Å²) < 4.78 is 0. The number of nitrogens with zero attached hydrogens (tertiary/aromatic N) is 2. The van der Waals surface area contributed by atoms with Crippen LogP contribution in [-0.4, -0.2) is 35.3 Å². The lowest BCUT2D eigenvalue weighted by Crippen LogP contribution is -2.19. The van der Waals surface area contributed by atoms with Crippen LogP contribution in [0.3, 0.4) is 0 Å². The van der Waals surface area contributed by atoms with Crippen LogP contribution in [0.25, 0.3) is 0 Å². The van der Waals surface area contributed by atoms with Crippen molar-refractivity contribution >= 4 is 11.6 Å². The predicted octanol–water partition coefficient (Wildman–Crippen LogP) is 0.703. The van der Waals surface area contributed by atoms with Crippen LogP contribution in [0.2, 0.25) is 0 Å². The first-order valence-electron chi connectivity index (χ1n) is 5.12. The highest BCUT2D eigenvalue weighted by molar-refractivity contribution is 5.46. The maximum absolute atomic E-state index is 9.15. The fraction of sp³-hybridized carbons (Fsp3) is 0.600. The third-order valence-corrected chi connectivity index (χ3v) is 2.86. The molecule has 2 rings (SSSR count). The van der Waals surface area contributed by atoms with Crippen molar-refractivity contribution in [3.8, 4) is 0 Å². The van der Waals surface area contributed by atoms with Crippen molar-refractivity contribution in [3.05, 3.63) is 12.4 Å². The molecular formula is C10H16N4O. The second-order valence-corrected chi connectivity index (χ2v) is 4.05. The zero-order valence-electron chi connectivity index (χ0n) is 8.82. The molecule has 1 fully saturated rings. The molecule has 1 aromatic heterocycles. The highest BCUT2D eigenvalue weighted by Gasteiger charge is 2.41. The molecule has 1 heterocycles. The van der Waals surface area contributed by atoms with Gasteiger partial charge in [-0.15, -0.1) is 0 Å². The van der Waals surface area contributed by atoms with E-state index >= 15 is 0 Å². The monoisotopic (exact) mass is 208 g/mol. The van der Waals surface area contributed by atoms with Gasteiger partial charge in [0.25, 0.3) is 0 Å². The van der Waals surface area contributed by atoms with Crippen LogP contribution in [-0.2, 0) is 0 Å². The van der Waals surface area contributed by atoms with Gasteiger partial charge in [0.1, 0.15) is 18.0 Å². The number of aliphatic hydroxyl groups is 1. The van der Waals surface area contributed by atoms with Crippen molar-refractivity contribution in [2.75, 3.05) is 30.8 Å². The molecule has 0 bridgehead atoms. The fourth-order valence-electron chi connectivity index (χ4n) is 1.44. The molecule has 0 amide bonds. The summed E-state index contributed by atoms with van der Waals surface area (Å²) in [5, 5.41) is 15.3. The zero-order chi connectivity index (χ0) is 10.7. The lowest BCUT2D eigenvalue weighted by molar-refractivity contribution is 0.219. The molecule has 0 unspecified atom stereocenters. The van der Waals surface area contributed by atoms with Gasteiger partial charge in [-0.1, -0.05) is 0 Å². The van der Waals surface area contributed by atoms with Crippen LogP contribution in [0, 0.1) is 5.41 Å². The quantitative estimate of drug-likeness (QED) is 0.664. The van der Waals surface area contributed by atoms with Gasteiger partial charge in [-0.05, 0) is 12.8 Å². The molecular weight excluding hydrogens is 192 g/mol. The topological polar surface area (TPSA) is 70.1 Å². The molecule has 5 nitrogen and oxygen atoms in total. The molecule has 15 heavy (non-hydrogen) atoms. The van der Waals surface area contributed by atoms with Crippen molar-refractivity contribution < 1.29 is 5.11 Å². The largest absolute Gasteiger partial charge is 0.396 e. The minimum atomic E-state index is 0.102. The van der Waals surface area contributed by atoms with Crippen LogP contribution in [0.5, 0.6) is 0 Å². The molecule has 82 valence electrons. The molecule has 1 aliphatic rings. The van der Waals surface area contributed by atoms with Gasteiger partial charge in [0.05, 0.1) is 6.61 Å². The summed E-state index contributed by atoms with van der Waals surface area (Å²) >= 11 is 0. The first-order valence-corrected chi connectivity index (χ1v) is 5.12. The molecule has 5 heteroatoms. The molecule has 0 spiro atoms. The minimum absolute atomic E-state index is 0.102. The average molecular weight is 208 g/mol. The van der Waals surface area contributed by atoms with E-state index in [2.05, 4.69) is 20.6 Å². The molecule has 1 saturated carbocycles. The average Bonchev–Trinajstić information content (AvgIpc) is 3.07. The third kappa shape index (κ3) is 2.36. The molecule has 0 radical (unpaired) electrons. The number of hydrogen-bond donors (Lipinski definition) is 3. The van der Waals surface area contributed by atoms with Gasteiger partial charge < -0.3 is 15.7 Å². The first-order chi connectivity index (χ1) is 7.28. The van der Waals surface area contributed by atoms with Crippen LogP contribution >= 0.6 is 0 Å². The van der Waals surface area contributed by atoms with Gasteiger partial charge in [-0.2, -0.15) is 0 Å². The Hall–Kier alpha value is -1.36. The molecule has 1 aliphatic carbocycles. The van der Waals surface area contributed by atoms with Crippen molar-refractivity contribution in [2.45, 2.75) is 12.8 Å². The maximum atomic E-state index is 9.15. The summed E-state index contributed by atoms with van der Waals surface area (Å²) in [6.07, 6.45) is 3.72. The Bertz CT molecular complexity index is 338. The summed E-state index contributed by atoms with van der Waals surface area (Å²) in [5.41, 5.74) is 0.102. The van der Waals surface area contributed by atoms with Crippen LogP contribution in [0.15, 0.2) is 12.4 Å². The summed E-state index contributed by atoms with van der Waals surface area (Å²) in [7, 11) is 1.82. The number of aromatic nitrogens is 2. The number of aliphatic hydroxyl groups excluding tert-OH is 1. The van der Waals surface area contributed by atoms with Crippen molar-refractivity contribution in [1.29, 1.82) is 0 Å². The van der Waals surface area contributed by atoms with Gasteiger partial charge in [0, 0.05) is 25.1 Å². The van der Waals surface area contributed by atoms with Crippen LogP contribution < -0.4 is 10.6 Å². The predicted molar refractivity (Wildman–Crippen MR) is 58.8 cm³/mol. The van der Waals surface area contributed by atoms with E-state index in [9.17, 15) is 0 Å². The molecule has 3 N–H and O–H groups in total. The second-order valence-electron chi connectivity index (χ2n) is 4.05. The van der Waals surface area contributed by atoms with Crippen LogP contribution in [0.1, 0.15) is 12.8 Å². The number of rotatable bonds is 5. The number of nitrogens with one attached hydrogen (secondary N) is 2. The van der Waals surface area contributed by atoms with E-state index in [0.29, 0.717) is 0 Å². The summed E-state index contributed by atoms with van der Waals surface area (Å²) in [5.74, 6) is 1.59. The van der Waals surface area contributed by atoms with Crippen molar-refractivity contribution in [2.24, 2.45) is 5.41 Å². The van der Waals surface area contributed by atoms with E-state index in [0.717, 1.165) is 31.0 Å². The van der Waals surface area contributed by atoms with E-state index in [1.807, 2.05) is 13.1 Å². The molecule has 0 aliphatic heterocycles. The fourth-order valence-corrected chi connectivity index (χ4v) is 1.44. The Labute approximate surface area is 88.9 Å². The van der Waals surface area contributed by atoms with Crippen molar-refractivity contribution in [3.63, 3.8) is 0 Å². The lowest BCUT2D eigenvalue weighted by atomic mass is 10.1. The van der Waals surface area contributed by atoms with Crippen LogP contribution in [0.4, 0.5) is 11.6 Å². The van der Waals surface area contributed by atoms with E-state index in [-0.39, 0.29) is 12.0 Å². The normalized spacial score (nSPS) is 17.2. The molecule has 0 aromatic carbocycles. The van der Waals surface area contributed by atoms with E-state index in [1.165, 1.54) is 6.33 Å². The number of anilines is 2. The Kier molecular flexibility index (Phi) is 2.73. The maximum Gasteiger partial charge on any atom is 0.131 e. The minimum Gasteiger partial charge on any atom is -0.396 e. The Morgan fingerprint density at radius 3 is 2.73 bits per heavy atom. The van der Waals surface area contributed by atoms with Gasteiger partial charge in [0.2, 0.25) is 0 Å². The Balaban J connectivity index is 1.93. The Morgan fingerprint density at radius 1 is 1.40 bits per heavy atom. The van der Waals surface area contributed by atoms with E-state index in [1.54, 1.807) is 0 Å². The second kappa shape index (κ2) is 4.02. The van der Waals surface area contributed by atoms with Gasteiger partial charge in [0.15, 0.2) is 0 Å². The SMILES string of the molecule is CNc1cc(NCC2(CO)CC2)ncn1. The summed E-state index contributed by atoms with van der Waals surface area (Å²) in [4.78, 5) is 8.14. The van der Waals surface area contributed by atoms with Gasteiger partial charge >= 0.3 is 0 Å². The van der Waals surface area contributed by atoms with Crippen molar-refractivity contribution in [1.82, 2.24) is 9.97 Å². The molecule has 0 saturated heterocycles. The molecule has 1 aromatic rings. The highest BCUT2D eigenvalue weighted by atomic mass is 16.3. The standard InChI is InChI=1S/C10H16N4O/c1-11-8-4-9(14-7-13-8)12-5-10(6-15)2-3-10/h4,7,15H,2-3,5-6H2,1H3,(H2,11,12,13,14).